The van der Waals surface area contributed by atoms with Crippen molar-refractivity contribution < 1.29 is 14.3 Å². The molecule has 0 heterocycles. The molecule has 0 aliphatic rings. The van der Waals surface area contributed by atoms with Crippen molar-refractivity contribution in [2.75, 3.05) is 34.4 Å². The van der Waals surface area contributed by atoms with E-state index in [1.807, 2.05) is 49.4 Å². The molecule has 1 amide bonds. The van der Waals surface area contributed by atoms with E-state index in [2.05, 4.69) is 20.9 Å². The Morgan fingerprint density at radius 1 is 1.07 bits per heavy atom. The number of aliphatic imine (C=N–C) groups is 1. The third-order valence-electron chi connectivity index (χ3n) is 4.33. The van der Waals surface area contributed by atoms with Crippen LogP contribution in [0.1, 0.15) is 28.4 Å². The molecule has 2 aromatic rings. The number of guanidine groups is 1. The number of nitrogens with one attached hydrogen (secondary N) is 3. The third kappa shape index (κ3) is 7.74. The summed E-state index contributed by atoms with van der Waals surface area (Å²) in [4.78, 5) is 16.0. The van der Waals surface area contributed by atoms with Crippen LogP contribution in [0.25, 0.3) is 0 Å². The summed E-state index contributed by atoms with van der Waals surface area (Å²) in [5, 5.41) is 9.23. The summed E-state index contributed by atoms with van der Waals surface area (Å²) in [6, 6.07) is 13.5. The lowest BCUT2D eigenvalue weighted by Crippen LogP contribution is -2.37. The van der Waals surface area contributed by atoms with Crippen molar-refractivity contribution >= 4 is 35.8 Å². The van der Waals surface area contributed by atoms with Gasteiger partial charge in [-0.05, 0) is 48.7 Å². The van der Waals surface area contributed by atoms with Crippen LogP contribution in [0.15, 0.2) is 47.5 Å². The first-order valence-corrected chi connectivity index (χ1v) is 9.66. The predicted molar refractivity (Wildman–Crippen MR) is 131 cm³/mol. The van der Waals surface area contributed by atoms with Crippen molar-refractivity contribution in [2.45, 2.75) is 19.9 Å². The van der Waals surface area contributed by atoms with Gasteiger partial charge in [0.05, 0.1) is 13.7 Å². The third-order valence-corrected chi connectivity index (χ3v) is 4.33. The molecule has 0 radical (unpaired) electrons. The number of amides is 1. The second-order valence-electron chi connectivity index (χ2n) is 6.30. The van der Waals surface area contributed by atoms with Gasteiger partial charge in [-0.25, -0.2) is 0 Å². The number of benzene rings is 2. The van der Waals surface area contributed by atoms with Crippen molar-refractivity contribution in [1.82, 2.24) is 16.0 Å². The second-order valence-corrected chi connectivity index (χ2v) is 6.30. The fourth-order valence-electron chi connectivity index (χ4n) is 2.84. The van der Waals surface area contributed by atoms with Crippen LogP contribution in [-0.4, -0.2) is 46.2 Å². The fourth-order valence-corrected chi connectivity index (χ4v) is 2.84. The average molecular weight is 526 g/mol. The Balaban J connectivity index is 0.00000450. The highest BCUT2D eigenvalue weighted by Gasteiger charge is 2.07. The number of nitrogens with zero attached hydrogens (tertiary/aromatic N) is 1. The highest BCUT2D eigenvalue weighted by molar-refractivity contribution is 14.0. The number of carbonyl (C=O) groups excluding carboxylic acids is 1. The first kappa shape index (κ1) is 25.5. The van der Waals surface area contributed by atoms with E-state index in [1.165, 1.54) is 0 Å². The van der Waals surface area contributed by atoms with E-state index < -0.39 is 0 Å². The summed E-state index contributed by atoms with van der Waals surface area (Å²) >= 11 is 0. The predicted octanol–water partition coefficient (Wildman–Crippen LogP) is 2.98. The van der Waals surface area contributed by atoms with Gasteiger partial charge in [-0.15, -0.1) is 24.0 Å². The van der Waals surface area contributed by atoms with Crippen molar-refractivity contribution in [3.8, 4) is 11.5 Å². The lowest BCUT2D eigenvalue weighted by atomic mass is 10.1. The van der Waals surface area contributed by atoms with Crippen LogP contribution in [0.4, 0.5) is 0 Å². The van der Waals surface area contributed by atoms with Crippen molar-refractivity contribution in [3.63, 3.8) is 0 Å². The minimum Gasteiger partial charge on any atom is -0.493 e. The molecule has 0 bridgehead atoms. The molecule has 0 aliphatic heterocycles. The molecule has 0 spiro atoms. The van der Waals surface area contributed by atoms with Gasteiger partial charge in [-0.3, -0.25) is 9.79 Å². The molecule has 0 atom stereocenters. The Morgan fingerprint density at radius 3 is 2.53 bits per heavy atom. The van der Waals surface area contributed by atoms with Crippen LogP contribution in [0.2, 0.25) is 0 Å². The van der Waals surface area contributed by atoms with Gasteiger partial charge in [0.2, 0.25) is 0 Å². The zero-order valence-corrected chi connectivity index (χ0v) is 20.3. The molecule has 2 rings (SSSR count). The van der Waals surface area contributed by atoms with E-state index in [0.717, 1.165) is 29.0 Å². The van der Waals surface area contributed by atoms with Gasteiger partial charge in [0, 0.05) is 32.7 Å². The van der Waals surface area contributed by atoms with E-state index in [-0.39, 0.29) is 29.9 Å². The average Bonchev–Trinajstić information content (AvgIpc) is 2.76. The number of ether oxygens (including phenoxy) is 2. The summed E-state index contributed by atoms with van der Waals surface area (Å²) in [7, 11) is 5.00. The number of methoxy groups -OCH3 is 1. The Morgan fingerprint density at radius 2 is 1.87 bits per heavy atom. The minimum absolute atomic E-state index is 0. The molecule has 7 nitrogen and oxygen atoms in total. The van der Waals surface area contributed by atoms with Gasteiger partial charge in [-0.1, -0.05) is 18.2 Å². The van der Waals surface area contributed by atoms with E-state index in [9.17, 15) is 4.79 Å². The summed E-state index contributed by atoms with van der Waals surface area (Å²) in [6.45, 7) is 3.83. The molecule has 0 unspecified atom stereocenters. The maximum Gasteiger partial charge on any atom is 0.251 e. The normalized spacial score (nSPS) is 10.6. The molecular weight excluding hydrogens is 495 g/mol. The monoisotopic (exact) mass is 526 g/mol. The molecule has 2 aromatic carbocycles. The standard InChI is InChI=1S/C22H30N4O3.HI/c1-5-29-20-14-17(9-10-19(20)28-4)15-26-22(24-3)25-12-11-16-7-6-8-18(13-16)21(27)23-2;/h6-10,13-14H,5,11-12,15H2,1-4H3,(H,23,27)(H2,24,25,26);1H. The van der Waals surface area contributed by atoms with Crippen LogP contribution in [-0.2, 0) is 13.0 Å². The van der Waals surface area contributed by atoms with Crippen molar-refractivity contribution in [3.05, 3.63) is 59.2 Å². The Kier molecular flexibility index (Phi) is 11.7. The maximum absolute atomic E-state index is 11.7. The fraction of sp³-hybridized carbons (Fsp3) is 0.364. The number of hydrogen-bond donors (Lipinski definition) is 3. The van der Waals surface area contributed by atoms with Crippen molar-refractivity contribution in [1.29, 1.82) is 0 Å². The molecular formula is C22H31IN4O3. The van der Waals surface area contributed by atoms with Crippen LogP contribution in [0.5, 0.6) is 11.5 Å². The molecule has 0 aliphatic carbocycles. The summed E-state index contributed by atoms with van der Waals surface area (Å²) in [5.41, 5.74) is 2.82. The lowest BCUT2D eigenvalue weighted by Gasteiger charge is -2.14. The number of halogens is 1. The highest BCUT2D eigenvalue weighted by atomic mass is 127. The van der Waals surface area contributed by atoms with Gasteiger partial charge in [-0.2, -0.15) is 0 Å². The zero-order chi connectivity index (χ0) is 21.1. The molecule has 0 saturated carbocycles. The Hall–Kier alpha value is -2.49. The molecule has 0 fully saturated rings. The van der Waals surface area contributed by atoms with E-state index in [4.69, 9.17) is 9.47 Å². The topological polar surface area (TPSA) is 84.0 Å². The van der Waals surface area contributed by atoms with Gasteiger partial charge in [0.25, 0.3) is 5.91 Å². The van der Waals surface area contributed by atoms with Crippen LogP contribution < -0.4 is 25.4 Å². The molecule has 0 saturated heterocycles. The van der Waals surface area contributed by atoms with Gasteiger partial charge >= 0.3 is 0 Å². The van der Waals surface area contributed by atoms with Crippen molar-refractivity contribution in [2.24, 2.45) is 4.99 Å². The number of hydrogen-bond acceptors (Lipinski definition) is 4. The highest BCUT2D eigenvalue weighted by Crippen LogP contribution is 2.27. The van der Waals surface area contributed by atoms with E-state index in [1.54, 1.807) is 21.2 Å². The van der Waals surface area contributed by atoms with Gasteiger partial charge < -0.3 is 25.4 Å². The summed E-state index contributed by atoms with van der Waals surface area (Å²) in [6.07, 6.45) is 0.780. The van der Waals surface area contributed by atoms with E-state index in [0.29, 0.717) is 31.2 Å². The number of rotatable bonds is 9. The molecule has 0 aromatic heterocycles. The first-order valence-electron chi connectivity index (χ1n) is 9.66. The SMILES string of the molecule is CCOc1cc(CNC(=NC)NCCc2cccc(C(=O)NC)c2)ccc1OC.I. The van der Waals surface area contributed by atoms with Crippen LogP contribution in [0.3, 0.4) is 0 Å². The second kappa shape index (κ2) is 13.7. The Labute approximate surface area is 195 Å². The Bertz CT molecular complexity index is 843. The summed E-state index contributed by atoms with van der Waals surface area (Å²) < 4.78 is 10.9. The summed E-state index contributed by atoms with van der Waals surface area (Å²) in [5.74, 6) is 2.08. The lowest BCUT2D eigenvalue weighted by molar-refractivity contribution is 0.0963. The van der Waals surface area contributed by atoms with E-state index >= 15 is 0 Å². The minimum atomic E-state index is -0.0804. The molecule has 8 heteroatoms. The van der Waals surface area contributed by atoms with Gasteiger partial charge in [0.1, 0.15) is 0 Å². The molecule has 3 N–H and O–H groups in total. The largest absolute Gasteiger partial charge is 0.493 e. The van der Waals surface area contributed by atoms with Crippen LogP contribution in [0, 0.1) is 0 Å². The molecule has 30 heavy (non-hydrogen) atoms. The maximum atomic E-state index is 11.7. The first-order chi connectivity index (χ1) is 14.1. The number of carbonyl (C=O) groups is 1. The van der Waals surface area contributed by atoms with Crippen LogP contribution >= 0.6 is 24.0 Å². The van der Waals surface area contributed by atoms with Gasteiger partial charge in [0.15, 0.2) is 17.5 Å². The molecule has 164 valence electrons. The quantitative estimate of drug-likeness (QED) is 0.266. The smallest absolute Gasteiger partial charge is 0.251 e. The zero-order valence-electron chi connectivity index (χ0n) is 18.0.